The molecule has 0 aliphatic rings. The van der Waals surface area contributed by atoms with Gasteiger partial charge < -0.3 is 0 Å². The minimum Gasteiger partial charge on any atom is -0.144 e. The maximum atomic E-state index is 2.39. The van der Waals surface area contributed by atoms with Crippen LogP contribution in [0.2, 0.25) is 0 Å². The molecule has 6 rings (SSSR count). The highest BCUT2D eigenvalue weighted by Crippen LogP contribution is 2.37. The lowest BCUT2D eigenvalue weighted by Crippen LogP contribution is -1.81. The van der Waals surface area contributed by atoms with Crippen molar-refractivity contribution in [1.82, 2.24) is 0 Å². The van der Waals surface area contributed by atoms with Gasteiger partial charge in [0.25, 0.3) is 0 Å². The molecule has 0 radical (unpaired) electrons. The zero-order chi connectivity index (χ0) is 17.3. The number of benzene rings is 4. The molecule has 0 fully saturated rings. The Balaban J connectivity index is 1.77. The van der Waals surface area contributed by atoms with Crippen molar-refractivity contribution in [3.8, 4) is 0 Å². The third-order valence-corrected chi connectivity index (χ3v) is 7.56. The van der Waals surface area contributed by atoms with E-state index in [9.17, 15) is 0 Å². The molecular weight excluding hydrogens is 352 g/mol. The largest absolute Gasteiger partial charge is 0.144 e. The maximum absolute atomic E-state index is 2.39. The second-order valence-electron chi connectivity index (χ2n) is 6.94. The van der Waals surface area contributed by atoms with Crippen LogP contribution in [0.25, 0.3) is 52.5 Å². The van der Waals surface area contributed by atoms with Gasteiger partial charge in [0.1, 0.15) is 0 Å². The van der Waals surface area contributed by atoms with E-state index in [1.807, 2.05) is 22.7 Å². The molecule has 2 heteroatoms. The predicted octanol–water partition coefficient (Wildman–Crippen LogP) is 8.14. The summed E-state index contributed by atoms with van der Waals surface area (Å²) >= 11 is 3.74. The van der Waals surface area contributed by atoms with Gasteiger partial charge in [-0.25, -0.2) is 0 Å². The van der Waals surface area contributed by atoms with E-state index in [4.69, 9.17) is 0 Å². The van der Waals surface area contributed by atoms with Gasteiger partial charge in [0, 0.05) is 14.3 Å². The van der Waals surface area contributed by atoms with Crippen LogP contribution >= 0.6 is 22.7 Å². The molecule has 124 valence electrons. The van der Waals surface area contributed by atoms with Gasteiger partial charge in [0.2, 0.25) is 0 Å². The summed E-state index contributed by atoms with van der Waals surface area (Å²) in [6.45, 7) is 2.23. The van der Waals surface area contributed by atoms with Crippen LogP contribution in [0.5, 0.6) is 0 Å². The molecule has 0 saturated carbocycles. The first-order chi connectivity index (χ1) is 12.8. The Kier molecular flexibility index (Phi) is 3.00. The highest BCUT2D eigenvalue weighted by molar-refractivity contribution is 7.19. The van der Waals surface area contributed by atoms with Crippen molar-refractivity contribution in [3.05, 3.63) is 70.9 Å². The third kappa shape index (κ3) is 2.00. The summed E-state index contributed by atoms with van der Waals surface area (Å²) in [5.74, 6) is 0. The Labute approximate surface area is 159 Å². The summed E-state index contributed by atoms with van der Waals surface area (Å²) in [4.78, 5) is 1.46. The van der Waals surface area contributed by atoms with Crippen molar-refractivity contribution in [1.29, 1.82) is 0 Å². The van der Waals surface area contributed by atoms with Gasteiger partial charge in [-0.3, -0.25) is 0 Å². The second kappa shape index (κ2) is 5.29. The van der Waals surface area contributed by atoms with Crippen LogP contribution in [0.15, 0.2) is 66.0 Å². The Morgan fingerprint density at radius 1 is 0.615 bits per heavy atom. The smallest absolute Gasteiger partial charge is 0.0352 e. The molecule has 4 aromatic carbocycles. The lowest BCUT2D eigenvalue weighted by Gasteiger charge is -2.08. The molecule has 0 spiro atoms. The third-order valence-electron chi connectivity index (χ3n) is 5.44. The quantitative estimate of drug-likeness (QED) is 0.257. The molecule has 0 aliphatic heterocycles. The lowest BCUT2D eigenvalue weighted by atomic mass is 9.96. The minimum atomic E-state index is 1.11. The molecule has 26 heavy (non-hydrogen) atoms. The molecule has 0 aliphatic carbocycles. The normalized spacial score (nSPS) is 12.2. The zero-order valence-electron chi connectivity index (χ0n) is 14.4. The van der Waals surface area contributed by atoms with Crippen LogP contribution in [-0.4, -0.2) is 0 Å². The fourth-order valence-electron chi connectivity index (χ4n) is 4.09. The minimum absolute atomic E-state index is 1.11. The van der Waals surface area contributed by atoms with Gasteiger partial charge in [-0.05, 0) is 91.3 Å². The lowest BCUT2D eigenvalue weighted by molar-refractivity contribution is 1.19. The summed E-state index contributed by atoms with van der Waals surface area (Å²) in [5.41, 5.74) is 0. The first-order valence-corrected chi connectivity index (χ1v) is 10.7. The summed E-state index contributed by atoms with van der Waals surface area (Å²) in [6, 6.07) is 23.2. The molecule has 0 unspecified atom stereocenters. The topological polar surface area (TPSA) is 0 Å². The van der Waals surface area contributed by atoms with Gasteiger partial charge in [-0.15, -0.1) is 22.7 Å². The van der Waals surface area contributed by atoms with Crippen LogP contribution in [0, 0.1) is 0 Å². The fraction of sp³-hybridized carbons (Fsp3) is 0.0833. The molecule has 0 amide bonds. The average Bonchev–Trinajstić information content (AvgIpc) is 3.29. The number of fused-ring (bicyclic) bond motifs is 7. The monoisotopic (exact) mass is 368 g/mol. The van der Waals surface area contributed by atoms with Crippen LogP contribution in [-0.2, 0) is 6.42 Å². The van der Waals surface area contributed by atoms with Crippen LogP contribution < -0.4 is 0 Å². The van der Waals surface area contributed by atoms with Gasteiger partial charge in [0.15, 0.2) is 0 Å². The Hall–Kier alpha value is -2.42. The number of rotatable bonds is 1. The molecule has 0 nitrogen and oxygen atoms in total. The summed E-state index contributed by atoms with van der Waals surface area (Å²) in [7, 11) is 0. The van der Waals surface area contributed by atoms with Gasteiger partial charge in [-0.1, -0.05) is 31.2 Å². The first-order valence-electron chi connectivity index (χ1n) is 8.99. The summed E-state index contributed by atoms with van der Waals surface area (Å²) in [6.07, 6.45) is 1.11. The summed E-state index contributed by atoms with van der Waals surface area (Å²) in [5, 5.41) is 13.0. The van der Waals surface area contributed by atoms with Crippen molar-refractivity contribution < 1.29 is 0 Å². The van der Waals surface area contributed by atoms with E-state index >= 15 is 0 Å². The highest BCUT2D eigenvalue weighted by atomic mass is 32.1. The molecule has 0 bridgehead atoms. The first kappa shape index (κ1) is 14.7. The van der Waals surface area contributed by atoms with E-state index < -0.39 is 0 Å². The van der Waals surface area contributed by atoms with E-state index in [0.717, 1.165) is 6.42 Å². The zero-order valence-corrected chi connectivity index (χ0v) is 16.0. The van der Waals surface area contributed by atoms with Crippen molar-refractivity contribution in [2.75, 3.05) is 0 Å². The van der Waals surface area contributed by atoms with Crippen molar-refractivity contribution in [2.45, 2.75) is 13.3 Å². The standard InChI is InChI=1S/C24H16S2/c1-2-18-9-17-11-22-15(13-24(17)26-18)4-6-19-20(22)5-3-14-12-23-16(7-8-25-23)10-21(14)19/h3-13H,2H2,1H3. The second-order valence-corrected chi connectivity index (χ2v) is 9.05. The van der Waals surface area contributed by atoms with Crippen molar-refractivity contribution in [3.63, 3.8) is 0 Å². The van der Waals surface area contributed by atoms with Crippen LogP contribution in [0.1, 0.15) is 11.8 Å². The van der Waals surface area contributed by atoms with Crippen LogP contribution in [0.4, 0.5) is 0 Å². The van der Waals surface area contributed by atoms with Crippen molar-refractivity contribution >= 4 is 75.2 Å². The molecule has 0 saturated heterocycles. The van der Waals surface area contributed by atoms with E-state index in [-0.39, 0.29) is 0 Å². The average molecular weight is 369 g/mol. The molecule has 6 aromatic rings. The number of thiophene rings is 2. The van der Waals surface area contributed by atoms with E-state index in [0.29, 0.717) is 0 Å². The van der Waals surface area contributed by atoms with Crippen LogP contribution in [0.3, 0.4) is 0 Å². The van der Waals surface area contributed by atoms with Gasteiger partial charge in [0.05, 0.1) is 0 Å². The van der Waals surface area contributed by atoms with Crippen molar-refractivity contribution in [2.24, 2.45) is 0 Å². The van der Waals surface area contributed by atoms with Gasteiger partial charge >= 0.3 is 0 Å². The molecule has 0 atom stereocenters. The fourth-order valence-corrected chi connectivity index (χ4v) is 5.95. The number of aryl methyl sites for hydroxylation is 1. The predicted molar refractivity (Wildman–Crippen MR) is 119 cm³/mol. The SMILES string of the molecule is CCc1cc2cc3c(ccc4c5cc6ccsc6cc5ccc34)cc2s1. The number of hydrogen-bond donors (Lipinski definition) is 0. The molecular formula is C24H16S2. The van der Waals surface area contributed by atoms with E-state index in [2.05, 4.69) is 73.0 Å². The molecule has 0 N–H and O–H groups in total. The Bertz CT molecular complexity index is 1460. The Morgan fingerprint density at radius 3 is 2.04 bits per heavy atom. The molecule has 2 heterocycles. The highest BCUT2D eigenvalue weighted by Gasteiger charge is 2.09. The van der Waals surface area contributed by atoms with E-state index in [1.54, 1.807) is 0 Å². The Morgan fingerprint density at radius 2 is 1.31 bits per heavy atom. The van der Waals surface area contributed by atoms with Gasteiger partial charge in [-0.2, -0.15) is 0 Å². The van der Waals surface area contributed by atoms with E-state index in [1.165, 1.54) is 57.4 Å². The summed E-state index contributed by atoms with van der Waals surface area (Å²) < 4.78 is 2.76. The molecule has 2 aromatic heterocycles. The number of hydrogen-bond acceptors (Lipinski definition) is 2. The maximum Gasteiger partial charge on any atom is 0.0352 e.